The summed E-state index contributed by atoms with van der Waals surface area (Å²) in [5, 5.41) is 19.4. The van der Waals surface area contributed by atoms with Gasteiger partial charge in [0.2, 0.25) is 0 Å². The second-order valence-corrected chi connectivity index (χ2v) is 4.32. The van der Waals surface area contributed by atoms with E-state index in [1.807, 2.05) is 0 Å². The molecule has 2 aliphatic carbocycles. The smallest absolute Gasteiger partial charge is 0.0572 e. The van der Waals surface area contributed by atoms with Gasteiger partial charge in [0.1, 0.15) is 0 Å². The molecule has 0 spiro atoms. The summed E-state index contributed by atoms with van der Waals surface area (Å²) < 4.78 is 0. The largest absolute Gasteiger partial charge is 0.393 e. The number of aliphatic hydroxyl groups is 2. The van der Waals surface area contributed by atoms with Crippen molar-refractivity contribution in [3.63, 3.8) is 0 Å². The molecular weight excluding hydrogens is 152 g/mol. The number of aliphatic hydroxyl groups excluding tert-OH is 2. The zero-order valence-corrected chi connectivity index (χ0v) is 7.45. The summed E-state index contributed by atoms with van der Waals surface area (Å²) in [6, 6.07) is 0. The highest BCUT2D eigenvalue weighted by molar-refractivity contribution is 4.89. The van der Waals surface area contributed by atoms with Crippen molar-refractivity contribution >= 4 is 0 Å². The Morgan fingerprint density at radius 3 is 1.50 bits per heavy atom. The monoisotopic (exact) mass is 170 g/mol. The first-order valence-corrected chi connectivity index (χ1v) is 5.15. The van der Waals surface area contributed by atoms with E-state index in [-0.39, 0.29) is 12.2 Å². The van der Waals surface area contributed by atoms with Crippen LogP contribution in [0.2, 0.25) is 0 Å². The van der Waals surface area contributed by atoms with Crippen LogP contribution in [-0.2, 0) is 0 Å². The van der Waals surface area contributed by atoms with Crippen LogP contribution in [-0.4, -0.2) is 22.4 Å². The van der Waals surface area contributed by atoms with Gasteiger partial charge in [-0.3, -0.25) is 0 Å². The van der Waals surface area contributed by atoms with Gasteiger partial charge in [-0.15, -0.1) is 0 Å². The van der Waals surface area contributed by atoms with E-state index in [1.54, 1.807) is 0 Å². The highest BCUT2D eigenvalue weighted by Crippen LogP contribution is 2.40. The summed E-state index contributed by atoms with van der Waals surface area (Å²) in [7, 11) is 0. The maximum Gasteiger partial charge on any atom is 0.0572 e. The second kappa shape index (κ2) is 3.35. The van der Waals surface area contributed by atoms with Crippen molar-refractivity contribution in [3.8, 4) is 0 Å². The molecule has 0 aromatic carbocycles. The summed E-state index contributed by atoms with van der Waals surface area (Å²) in [6.07, 6.45) is 6.10. The van der Waals surface area contributed by atoms with Crippen molar-refractivity contribution in [2.24, 2.45) is 11.8 Å². The van der Waals surface area contributed by atoms with Gasteiger partial charge in [-0.05, 0) is 37.5 Å². The molecule has 2 rings (SSSR count). The summed E-state index contributed by atoms with van der Waals surface area (Å²) in [6.45, 7) is 0. The molecule has 2 nitrogen and oxygen atoms in total. The number of hydrogen-bond acceptors (Lipinski definition) is 2. The molecule has 4 unspecified atom stereocenters. The topological polar surface area (TPSA) is 40.5 Å². The number of hydrogen-bond donors (Lipinski definition) is 2. The molecule has 2 fully saturated rings. The van der Waals surface area contributed by atoms with Gasteiger partial charge < -0.3 is 10.2 Å². The molecule has 0 amide bonds. The fourth-order valence-electron chi connectivity index (χ4n) is 2.94. The molecule has 4 atom stereocenters. The van der Waals surface area contributed by atoms with Crippen LogP contribution in [0.5, 0.6) is 0 Å². The molecule has 0 aliphatic heterocycles. The van der Waals surface area contributed by atoms with E-state index in [9.17, 15) is 10.2 Å². The van der Waals surface area contributed by atoms with Crippen LogP contribution < -0.4 is 0 Å². The van der Waals surface area contributed by atoms with Crippen LogP contribution in [0.4, 0.5) is 0 Å². The highest BCUT2D eigenvalue weighted by atomic mass is 16.3. The van der Waals surface area contributed by atoms with Crippen molar-refractivity contribution in [1.29, 1.82) is 0 Å². The first kappa shape index (κ1) is 8.52. The zero-order valence-electron chi connectivity index (χ0n) is 7.45. The molecule has 0 saturated heterocycles. The molecule has 0 aromatic rings. The van der Waals surface area contributed by atoms with Gasteiger partial charge in [0, 0.05) is 0 Å². The van der Waals surface area contributed by atoms with E-state index in [2.05, 4.69) is 0 Å². The third-order valence-electron chi connectivity index (χ3n) is 3.61. The average molecular weight is 170 g/mol. The molecule has 0 heterocycles. The van der Waals surface area contributed by atoms with Crippen LogP contribution in [0.1, 0.15) is 38.5 Å². The minimum Gasteiger partial charge on any atom is -0.393 e. The lowest BCUT2D eigenvalue weighted by Gasteiger charge is -2.41. The van der Waals surface area contributed by atoms with Crippen molar-refractivity contribution < 1.29 is 10.2 Å². The fraction of sp³-hybridized carbons (Fsp3) is 1.00. The lowest BCUT2D eigenvalue weighted by atomic mass is 9.68. The lowest BCUT2D eigenvalue weighted by Crippen LogP contribution is -2.41. The molecule has 2 aliphatic rings. The predicted molar refractivity (Wildman–Crippen MR) is 46.7 cm³/mol. The fourth-order valence-corrected chi connectivity index (χ4v) is 2.94. The molecule has 0 aromatic heterocycles. The summed E-state index contributed by atoms with van der Waals surface area (Å²) in [5.74, 6) is 0.810. The number of fused-ring (bicyclic) bond motifs is 1. The highest BCUT2D eigenvalue weighted by Gasteiger charge is 2.38. The van der Waals surface area contributed by atoms with Gasteiger partial charge in [0.05, 0.1) is 12.2 Å². The molecule has 2 heteroatoms. The Bertz CT molecular complexity index is 140. The Hall–Kier alpha value is -0.0800. The van der Waals surface area contributed by atoms with Crippen LogP contribution in [0.25, 0.3) is 0 Å². The predicted octanol–water partition coefficient (Wildman–Crippen LogP) is 1.31. The standard InChI is InChI=1S/C10H18O2/c11-9-5-1-3-7-8(9)4-2-6-10(7)12/h7-12H,1-6H2. The van der Waals surface area contributed by atoms with Gasteiger partial charge in [0.15, 0.2) is 0 Å². The Balaban J connectivity index is 2.05. The van der Waals surface area contributed by atoms with Crippen molar-refractivity contribution in [2.45, 2.75) is 50.7 Å². The minimum absolute atomic E-state index is 0.126. The Morgan fingerprint density at radius 2 is 1.08 bits per heavy atom. The van der Waals surface area contributed by atoms with E-state index in [0.29, 0.717) is 11.8 Å². The van der Waals surface area contributed by atoms with E-state index in [0.717, 1.165) is 38.5 Å². The normalized spacial score (nSPS) is 48.5. The quantitative estimate of drug-likeness (QED) is 0.575. The van der Waals surface area contributed by atoms with Gasteiger partial charge in [0.25, 0.3) is 0 Å². The molecule has 0 radical (unpaired) electrons. The van der Waals surface area contributed by atoms with Crippen LogP contribution in [0.3, 0.4) is 0 Å². The molecule has 2 saturated carbocycles. The molecule has 12 heavy (non-hydrogen) atoms. The van der Waals surface area contributed by atoms with Crippen LogP contribution >= 0.6 is 0 Å². The third-order valence-corrected chi connectivity index (χ3v) is 3.61. The zero-order chi connectivity index (χ0) is 8.55. The van der Waals surface area contributed by atoms with E-state index in [1.165, 1.54) is 0 Å². The first-order chi connectivity index (χ1) is 5.79. The molecule has 2 N–H and O–H groups in total. The van der Waals surface area contributed by atoms with E-state index in [4.69, 9.17) is 0 Å². The molecule has 70 valence electrons. The first-order valence-electron chi connectivity index (χ1n) is 5.15. The van der Waals surface area contributed by atoms with E-state index >= 15 is 0 Å². The third kappa shape index (κ3) is 1.38. The Kier molecular flexibility index (Phi) is 2.37. The SMILES string of the molecule is OC1CCCC2C(O)CCCC12. The molecular formula is C10H18O2. The van der Waals surface area contributed by atoms with Gasteiger partial charge in [-0.25, -0.2) is 0 Å². The number of rotatable bonds is 0. The van der Waals surface area contributed by atoms with Gasteiger partial charge in [-0.1, -0.05) is 12.8 Å². The summed E-state index contributed by atoms with van der Waals surface area (Å²) in [4.78, 5) is 0. The van der Waals surface area contributed by atoms with Crippen molar-refractivity contribution in [2.75, 3.05) is 0 Å². The van der Waals surface area contributed by atoms with Crippen molar-refractivity contribution in [1.82, 2.24) is 0 Å². The summed E-state index contributed by atoms with van der Waals surface area (Å²) in [5.41, 5.74) is 0. The Morgan fingerprint density at radius 1 is 0.667 bits per heavy atom. The van der Waals surface area contributed by atoms with E-state index < -0.39 is 0 Å². The second-order valence-electron chi connectivity index (χ2n) is 4.32. The van der Waals surface area contributed by atoms with Crippen LogP contribution in [0, 0.1) is 11.8 Å². The van der Waals surface area contributed by atoms with Crippen LogP contribution in [0.15, 0.2) is 0 Å². The Labute approximate surface area is 73.6 Å². The maximum absolute atomic E-state index is 9.71. The van der Waals surface area contributed by atoms with Gasteiger partial charge >= 0.3 is 0 Å². The van der Waals surface area contributed by atoms with Gasteiger partial charge in [-0.2, -0.15) is 0 Å². The lowest BCUT2D eigenvalue weighted by molar-refractivity contribution is -0.0529. The maximum atomic E-state index is 9.71. The molecule has 0 bridgehead atoms. The minimum atomic E-state index is -0.126. The van der Waals surface area contributed by atoms with Crippen molar-refractivity contribution in [3.05, 3.63) is 0 Å². The summed E-state index contributed by atoms with van der Waals surface area (Å²) >= 11 is 0. The average Bonchev–Trinajstić information content (AvgIpc) is 2.07.